The molecule has 4 heteroatoms. The molecule has 0 saturated heterocycles. The van der Waals surface area contributed by atoms with Crippen LogP contribution in [0.25, 0.3) is 0 Å². The summed E-state index contributed by atoms with van der Waals surface area (Å²) in [7, 11) is 0. The molecule has 0 aromatic carbocycles. The maximum absolute atomic E-state index is 10.1. The molecule has 2 atom stereocenters. The molecule has 88 valence electrons. The molecule has 1 aliphatic rings. The van der Waals surface area contributed by atoms with Crippen LogP contribution in [0.3, 0.4) is 0 Å². The van der Waals surface area contributed by atoms with E-state index in [9.17, 15) is 5.11 Å². The Morgan fingerprint density at radius 1 is 1.62 bits per heavy atom. The van der Waals surface area contributed by atoms with E-state index in [-0.39, 0.29) is 11.5 Å². The van der Waals surface area contributed by atoms with Gasteiger partial charge in [0.15, 0.2) is 0 Å². The Morgan fingerprint density at radius 2 is 2.44 bits per heavy atom. The molecule has 0 amide bonds. The number of aromatic nitrogens is 1. The molecule has 16 heavy (non-hydrogen) atoms. The van der Waals surface area contributed by atoms with Crippen LogP contribution < -0.4 is 5.73 Å². The summed E-state index contributed by atoms with van der Waals surface area (Å²) in [5, 5.41) is 10.7. The van der Waals surface area contributed by atoms with Crippen LogP contribution in [0.4, 0.5) is 0 Å². The molecule has 2 rings (SSSR count). The van der Waals surface area contributed by atoms with Crippen LogP contribution in [-0.4, -0.2) is 22.7 Å². The minimum atomic E-state index is -0.304. The Kier molecular flexibility index (Phi) is 3.47. The summed E-state index contributed by atoms with van der Waals surface area (Å²) < 4.78 is 0. The van der Waals surface area contributed by atoms with Crippen molar-refractivity contribution in [3.8, 4) is 0 Å². The van der Waals surface area contributed by atoms with E-state index in [1.54, 1.807) is 12.4 Å². The molecular formula is C12H17ClN2O. The number of nitrogens with two attached hydrogens (primary N) is 1. The van der Waals surface area contributed by atoms with Gasteiger partial charge in [0.25, 0.3) is 0 Å². The lowest BCUT2D eigenvalue weighted by atomic mass is 9.78. The Hall–Kier alpha value is -0.640. The van der Waals surface area contributed by atoms with Gasteiger partial charge in [0.05, 0.1) is 11.1 Å². The van der Waals surface area contributed by atoms with Crippen molar-refractivity contribution in [2.24, 2.45) is 11.1 Å². The maximum Gasteiger partial charge on any atom is 0.0621 e. The van der Waals surface area contributed by atoms with Crippen molar-refractivity contribution in [1.29, 1.82) is 0 Å². The van der Waals surface area contributed by atoms with Gasteiger partial charge in [-0.1, -0.05) is 18.0 Å². The first-order valence-corrected chi connectivity index (χ1v) is 6.02. The summed E-state index contributed by atoms with van der Waals surface area (Å²) >= 11 is 6.08. The molecule has 0 spiro atoms. The number of nitrogens with zero attached hydrogens (tertiary/aromatic N) is 1. The van der Waals surface area contributed by atoms with Gasteiger partial charge in [-0.3, -0.25) is 4.98 Å². The second-order valence-electron chi connectivity index (χ2n) is 4.62. The molecular weight excluding hydrogens is 224 g/mol. The van der Waals surface area contributed by atoms with E-state index < -0.39 is 0 Å². The molecule has 1 fully saturated rings. The maximum atomic E-state index is 10.1. The number of aliphatic hydroxyl groups excluding tert-OH is 1. The van der Waals surface area contributed by atoms with Crippen molar-refractivity contribution in [1.82, 2.24) is 4.98 Å². The number of rotatable bonds is 3. The average molecular weight is 241 g/mol. The predicted octanol–water partition coefficient (Wildman–Crippen LogP) is 1.77. The second-order valence-corrected chi connectivity index (χ2v) is 5.03. The lowest BCUT2D eigenvalue weighted by molar-refractivity contribution is 0.0588. The standard InChI is InChI=1S/C12H17ClN2O/c13-10-7-15-5-3-9(10)6-12(8-14)4-1-2-11(12)16/h3,5,7,11,16H,1-2,4,6,8,14H2. The first-order valence-electron chi connectivity index (χ1n) is 5.64. The van der Waals surface area contributed by atoms with Gasteiger partial charge in [0, 0.05) is 24.4 Å². The van der Waals surface area contributed by atoms with Gasteiger partial charge >= 0.3 is 0 Å². The van der Waals surface area contributed by atoms with E-state index in [4.69, 9.17) is 17.3 Å². The van der Waals surface area contributed by atoms with Gasteiger partial charge in [-0.25, -0.2) is 0 Å². The van der Waals surface area contributed by atoms with Gasteiger partial charge in [-0.05, 0) is 30.9 Å². The summed E-state index contributed by atoms with van der Waals surface area (Å²) in [6.45, 7) is 0.507. The third-order valence-corrected chi connectivity index (χ3v) is 4.00. The number of halogens is 1. The van der Waals surface area contributed by atoms with Gasteiger partial charge in [0.1, 0.15) is 0 Å². The summed E-state index contributed by atoms with van der Waals surface area (Å²) in [5.41, 5.74) is 6.68. The number of hydrogen-bond donors (Lipinski definition) is 2. The van der Waals surface area contributed by atoms with Crippen LogP contribution in [0.15, 0.2) is 18.5 Å². The van der Waals surface area contributed by atoms with Crippen LogP contribution in [0, 0.1) is 5.41 Å². The summed E-state index contributed by atoms with van der Waals surface area (Å²) in [6, 6.07) is 1.91. The smallest absolute Gasteiger partial charge is 0.0621 e. The highest BCUT2D eigenvalue weighted by Gasteiger charge is 2.41. The van der Waals surface area contributed by atoms with Gasteiger partial charge in [0.2, 0.25) is 0 Å². The second kappa shape index (κ2) is 4.70. The zero-order chi connectivity index (χ0) is 11.6. The minimum absolute atomic E-state index is 0.189. The van der Waals surface area contributed by atoms with Crippen LogP contribution in [0.2, 0.25) is 5.02 Å². The fraction of sp³-hybridized carbons (Fsp3) is 0.583. The normalized spacial score (nSPS) is 29.6. The van der Waals surface area contributed by atoms with E-state index in [0.29, 0.717) is 11.6 Å². The third kappa shape index (κ3) is 2.08. The minimum Gasteiger partial charge on any atom is -0.392 e. The van der Waals surface area contributed by atoms with Crippen molar-refractivity contribution in [2.45, 2.75) is 31.8 Å². The lowest BCUT2D eigenvalue weighted by Crippen LogP contribution is -2.39. The summed E-state index contributed by atoms with van der Waals surface area (Å²) in [6.07, 6.45) is 6.67. The van der Waals surface area contributed by atoms with Crippen molar-refractivity contribution < 1.29 is 5.11 Å². The molecule has 1 saturated carbocycles. The van der Waals surface area contributed by atoms with Crippen molar-refractivity contribution in [2.75, 3.05) is 6.54 Å². The molecule has 0 bridgehead atoms. The highest BCUT2D eigenvalue weighted by Crippen LogP contribution is 2.41. The zero-order valence-electron chi connectivity index (χ0n) is 9.19. The molecule has 1 aromatic heterocycles. The molecule has 2 unspecified atom stereocenters. The Morgan fingerprint density at radius 3 is 3.00 bits per heavy atom. The summed E-state index contributed by atoms with van der Waals surface area (Å²) in [5.74, 6) is 0. The fourth-order valence-electron chi connectivity index (χ4n) is 2.56. The first-order chi connectivity index (χ1) is 7.68. The van der Waals surface area contributed by atoms with Gasteiger partial charge in [-0.15, -0.1) is 0 Å². The number of hydrogen-bond acceptors (Lipinski definition) is 3. The van der Waals surface area contributed by atoms with E-state index in [1.165, 1.54) is 0 Å². The topological polar surface area (TPSA) is 59.1 Å². The quantitative estimate of drug-likeness (QED) is 0.847. The molecule has 1 aromatic rings. The largest absolute Gasteiger partial charge is 0.392 e. The van der Waals surface area contributed by atoms with E-state index in [2.05, 4.69) is 4.98 Å². The molecule has 3 nitrogen and oxygen atoms in total. The highest BCUT2D eigenvalue weighted by atomic mass is 35.5. The molecule has 0 aliphatic heterocycles. The van der Waals surface area contributed by atoms with Crippen LogP contribution in [0.5, 0.6) is 0 Å². The number of pyridine rings is 1. The van der Waals surface area contributed by atoms with Gasteiger partial charge < -0.3 is 10.8 Å². The lowest BCUT2D eigenvalue weighted by Gasteiger charge is -2.31. The third-order valence-electron chi connectivity index (χ3n) is 3.66. The van der Waals surface area contributed by atoms with Crippen LogP contribution in [0.1, 0.15) is 24.8 Å². The predicted molar refractivity (Wildman–Crippen MR) is 64.3 cm³/mol. The van der Waals surface area contributed by atoms with E-state index in [0.717, 1.165) is 31.2 Å². The van der Waals surface area contributed by atoms with E-state index >= 15 is 0 Å². The molecule has 1 aliphatic carbocycles. The van der Waals surface area contributed by atoms with Crippen molar-refractivity contribution >= 4 is 11.6 Å². The summed E-state index contributed by atoms with van der Waals surface area (Å²) in [4.78, 5) is 3.96. The molecule has 0 radical (unpaired) electrons. The highest BCUT2D eigenvalue weighted by molar-refractivity contribution is 6.31. The first kappa shape index (κ1) is 11.8. The average Bonchev–Trinajstić information content (AvgIpc) is 2.64. The van der Waals surface area contributed by atoms with Crippen LogP contribution >= 0.6 is 11.6 Å². The van der Waals surface area contributed by atoms with Gasteiger partial charge in [-0.2, -0.15) is 0 Å². The fourth-order valence-corrected chi connectivity index (χ4v) is 2.75. The SMILES string of the molecule is NCC1(Cc2ccncc2Cl)CCCC1O. The Balaban J connectivity index is 2.22. The molecule has 1 heterocycles. The monoisotopic (exact) mass is 240 g/mol. The van der Waals surface area contributed by atoms with Crippen molar-refractivity contribution in [3.63, 3.8) is 0 Å². The number of aliphatic hydroxyl groups is 1. The van der Waals surface area contributed by atoms with Crippen LogP contribution in [-0.2, 0) is 6.42 Å². The Labute approximate surface area is 101 Å². The zero-order valence-corrected chi connectivity index (χ0v) is 9.95. The molecule has 3 N–H and O–H groups in total. The van der Waals surface area contributed by atoms with E-state index in [1.807, 2.05) is 6.07 Å². The Bertz CT molecular complexity index is 372. The van der Waals surface area contributed by atoms with Crippen molar-refractivity contribution in [3.05, 3.63) is 29.0 Å².